The maximum Gasteiger partial charge on any atom is 0.271 e. The Morgan fingerprint density at radius 1 is 1.04 bits per heavy atom. The van der Waals surface area contributed by atoms with E-state index in [9.17, 15) is 9.59 Å². The molecule has 0 saturated carbocycles. The van der Waals surface area contributed by atoms with E-state index in [1.54, 1.807) is 18.2 Å². The molecule has 0 heterocycles. The molecular weight excluding hydrogens is 496 g/mol. The second-order valence-electron chi connectivity index (χ2n) is 4.95. The molecule has 0 aromatic heterocycles. The average Bonchev–Trinajstić information content (AvgIpc) is 2.55. The lowest BCUT2D eigenvalue weighted by molar-refractivity contribution is 0.0934. The van der Waals surface area contributed by atoms with Crippen LogP contribution in [0.2, 0.25) is 10.0 Å². The Labute approximate surface area is 173 Å². The number of benzene rings is 2. The molecule has 130 valence electrons. The van der Waals surface area contributed by atoms with Gasteiger partial charge in [0, 0.05) is 14.2 Å². The number of carbonyl (C=O) groups is 2. The van der Waals surface area contributed by atoms with Crippen LogP contribution in [-0.2, 0) is 0 Å². The van der Waals surface area contributed by atoms with Crippen molar-refractivity contribution in [1.29, 1.82) is 0 Å². The maximum absolute atomic E-state index is 12.1. The topological polar surface area (TPSA) is 70.2 Å². The Bertz CT molecular complexity index is 861. The molecule has 3 N–H and O–H groups in total. The minimum absolute atomic E-state index is 0.0426. The van der Waals surface area contributed by atoms with E-state index in [0.717, 1.165) is 9.13 Å². The van der Waals surface area contributed by atoms with Crippen LogP contribution >= 0.6 is 58.0 Å². The second-order valence-corrected chi connectivity index (χ2v) is 7.36. The molecule has 2 aromatic rings. The summed E-state index contributed by atoms with van der Waals surface area (Å²) >= 11 is 18.9. The summed E-state index contributed by atoms with van der Waals surface area (Å²) in [5, 5.41) is 3.07. The zero-order valence-electron chi connectivity index (χ0n) is 12.8. The lowest BCUT2D eigenvalue weighted by Crippen LogP contribution is -2.48. The standard InChI is InChI=1S/C16H12Cl2IN3O2S/c1-8-2-3-9(6-13(8)19)14(23)20-16(25)22-21-15(24)11-5-4-10(17)7-12(11)18/h2-7H,1H3,(H,21,24)(H2,20,22,23,25). The van der Waals surface area contributed by atoms with Crippen molar-refractivity contribution < 1.29 is 9.59 Å². The summed E-state index contributed by atoms with van der Waals surface area (Å²) in [6.07, 6.45) is 0. The van der Waals surface area contributed by atoms with Crippen LogP contribution in [-0.4, -0.2) is 16.9 Å². The van der Waals surface area contributed by atoms with Crippen molar-refractivity contribution in [2.45, 2.75) is 6.92 Å². The third-order valence-electron chi connectivity index (χ3n) is 3.13. The summed E-state index contributed by atoms with van der Waals surface area (Å²) in [7, 11) is 0. The molecule has 0 saturated heterocycles. The molecule has 0 aliphatic heterocycles. The Hall–Kier alpha value is -1.42. The highest BCUT2D eigenvalue weighted by atomic mass is 127. The number of aryl methyl sites for hydroxylation is 1. The lowest BCUT2D eigenvalue weighted by atomic mass is 10.1. The monoisotopic (exact) mass is 507 g/mol. The summed E-state index contributed by atoms with van der Waals surface area (Å²) in [5.41, 5.74) is 6.58. The zero-order chi connectivity index (χ0) is 18.6. The van der Waals surface area contributed by atoms with Crippen LogP contribution in [0.5, 0.6) is 0 Å². The first kappa shape index (κ1) is 19.9. The van der Waals surface area contributed by atoms with Gasteiger partial charge < -0.3 is 0 Å². The highest BCUT2D eigenvalue weighted by Gasteiger charge is 2.12. The molecule has 0 radical (unpaired) electrons. The summed E-state index contributed by atoms with van der Waals surface area (Å²) in [5.74, 6) is -0.891. The number of hydrogen-bond acceptors (Lipinski definition) is 3. The largest absolute Gasteiger partial charge is 0.298 e. The number of rotatable bonds is 2. The first-order chi connectivity index (χ1) is 11.8. The smallest absolute Gasteiger partial charge is 0.271 e. The molecule has 0 atom stereocenters. The van der Waals surface area contributed by atoms with Gasteiger partial charge in [-0.1, -0.05) is 29.3 Å². The Morgan fingerprint density at radius 3 is 2.40 bits per heavy atom. The Morgan fingerprint density at radius 2 is 1.76 bits per heavy atom. The molecule has 0 aliphatic carbocycles. The molecule has 2 aromatic carbocycles. The van der Waals surface area contributed by atoms with Gasteiger partial charge in [-0.15, -0.1) is 0 Å². The number of amides is 2. The van der Waals surface area contributed by atoms with Crippen molar-refractivity contribution in [3.05, 3.63) is 66.7 Å². The van der Waals surface area contributed by atoms with E-state index in [4.69, 9.17) is 35.4 Å². The molecule has 0 aliphatic rings. The van der Waals surface area contributed by atoms with E-state index >= 15 is 0 Å². The molecule has 5 nitrogen and oxygen atoms in total. The molecule has 0 fully saturated rings. The van der Waals surface area contributed by atoms with Gasteiger partial charge in [-0.2, -0.15) is 0 Å². The van der Waals surface area contributed by atoms with Crippen molar-refractivity contribution in [3.63, 3.8) is 0 Å². The van der Waals surface area contributed by atoms with Crippen LogP contribution in [0.3, 0.4) is 0 Å². The van der Waals surface area contributed by atoms with Crippen molar-refractivity contribution in [3.8, 4) is 0 Å². The van der Waals surface area contributed by atoms with Crippen molar-refractivity contribution in [1.82, 2.24) is 16.2 Å². The number of thiocarbonyl (C=S) groups is 1. The molecular formula is C16H12Cl2IN3O2S. The fourth-order valence-corrected chi connectivity index (χ4v) is 2.95. The first-order valence-electron chi connectivity index (χ1n) is 6.91. The molecule has 0 bridgehead atoms. The van der Waals surface area contributed by atoms with Gasteiger partial charge in [0.15, 0.2) is 5.11 Å². The van der Waals surface area contributed by atoms with Crippen molar-refractivity contribution >= 4 is 74.9 Å². The minimum atomic E-state index is -0.511. The average molecular weight is 508 g/mol. The van der Waals surface area contributed by atoms with E-state index in [-0.39, 0.29) is 21.6 Å². The van der Waals surface area contributed by atoms with Gasteiger partial charge in [0.05, 0.1) is 10.6 Å². The number of halogens is 3. The highest BCUT2D eigenvalue weighted by Crippen LogP contribution is 2.20. The van der Waals surface area contributed by atoms with E-state index in [1.165, 1.54) is 12.1 Å². The Balaban J connectivity index is 1.92. The molecule has 0 spiro atoms. The summed E-state index contributed by atoms with van der Waals surface area (Å²) < 4.78 is 0.967. The molecule has 2 amide bonds. The van der Waals surface area contributed by atoms with Crippen LogP contribution in [0.1, 0.15) is 26.3 Å². The van der Waals surface area contributed by atoms with Crippen LogP contribution in [0.4, 0.5) is 0 Å². The van der Waals surface area contributed by atoms with Crippen LogP contribution in [0.15, 0.2) is 36.4 Å². The minimum Gasteiger partial charge on any atom is -0.298 e. The predicted molar refractivity (Wildman–Crippen MR) is 111 cm³/mol. The molecule has 0 unspecified atom stereocenters. The van der Waals surface area contributed by atoms with Crippen molar-refractivity contribution in [2.24, 2.45) is 0 Å². The third kappa shape index (κ3) is 5.53. The van der Waals surface area contributed by atoms with Gasteiger partial charge in [-0.25, -0.2) is 0 Å². The van der Waals surface area contributed by atoms with Gasteiger partial charge in [0.25, 0.3) is 11.8 Å². The molecule has 9 heteroatoms. The highest BCUT2D eigenvalue weighted by molar-refractivity contribution is 14.1. The number of nitrogens with one attached hydrogen (secondary N) is 3. The van der Waals surface area contributed by atoms with Gasteiger partial charge in [-0.3, -0.25) is 25.8 Å². The van der Waals surface area contributed by atoms with Crippen LogP contribution in [0, 0.1) is 10.5 Å². The first-order valence-corrected chi connectivity index (χ1v) is 9.15. The summed E-state index contributed by atoms with van der Waals surface area (Å²) in [6, 6.07) is 9.77. The zero-order valence-corrected chi connectivity index (χ0v) is 17.3. The molecule has 25 heavy (non-hydrogen) atoms. The van der Waals surface area contributed by atoms with Gasteiger partial charge in [-0.05, 0) is 77.6 Å². The van der Waals surface area contributed by atoms with E-state index in [2.05, 4.69) is 38.8 Å². The normalized spacial score (nSPS) is 10.1. The van der Waals surface area contributed by atoms with Crippen LogP contribution < -0.4 is 16.2 Å². The summed E-state index contributed by atoms with van der Waals surface area (Å²) in [4.78, 5) is 24.2. The van der Waals surface area contributed by atoms with E-state index in [1.807, 2.05) is 13.0 Å². The number of carbonyl (C=O) groups excluding carboxylic acids is 2. The second kappa shape index (κ2) is 8.79. The van der Waals surface area contributed by atoms with Crippen LogP contribution in [0.25, 0.3) is 0 Å². The lowest BCUT2D eigenvalue weighted by Gasteiger charge is -2.12. The van der Waals surface area contributed by atoms with Crippen molar-refractivity contribution in [2.75, 3.05) is 0 Å². The van der Waals surface area contributed by atoms with Gasteiger partial charge >= 0.3 is 0 Å². The van der Waals surface area contributed by atoms with E-state index in [0.29, 0.717) is 10.6 Å². The maximum atomic E-state index is 12.1. The third-order valence-corrected chi connectivity index (χ3v) is 5.04. The quantitative estimate of drug-likeness (QED) is 0.328. The Kier molecular flexibility index (Phi) is 7.00. The number of hydrogen-bond donors (Lipinski definition) is 3. The fourth-order valence-electron chi connectivity index (χ4n) is 1.80. The predicted octanol–water partition coefficient (Wildman–Crippen LogP) is 3.86. The van der Waals surface area contributed by atoms with E-state index < -0.39 is 5.91 Å². The SMILES string of the molecule is Cc1ccc(C(=O)NC(=S)NNC(=O)c2ccc(Cl)cc2Cl)cc1I. The molecule has 2 rings (SSSR count). The number of hydrazine groups is 1. The van der Waals surface area contributed by atoms with Gasteiger partial charge in [0.1, 0.15) is 0 Å². The summed E-state index contributed by atoms with van der Waals surface area (Å²) in [6.45, 7) is 1.95. The fraction of sp³-hybridized carbons (Fsp3) is 0.0625. The van der Waals surface area contributed by atoms with Gasteiger partial charge in [0.2, 0.25) is 0 Å².